The molecule has 0 N–H and O–H groups in total. The van der Waals surface area contributed by atoms with Crippen LogP contribution >= 0.6 is 0 Å². The molecule has 0 saturated carbocycles. The smallest absolute Gasteiger partial charge is 0.0531 e. The summed E-state index contributed by atoms with van der Waals surface area (Å²) in [4.78, 5) is 0. The average Bonchev–Trinajstić information content (AvgIpc) is 3.38. The predicted molar refractivity (Wildman–Crippen MR) is 139 cm³/mol. The van der Waals surface area contributed by atoms with Gasteiger partial charge in [0.15, 0.2) is 0 Å². The Morgan fingerprint density at radius 2 is 0.879 bits per heavy atom. The van der Waals surface area contributed by atoms with Crippen LogP contribution < -0.4 is 0 Å². The van der Waals surface area contributed by atoms with E-state index in [1.807, 2.05) is 0 Å². The van der Waals surface area contributed by atoms with Gasteiger partial charge in [-0.25, -0.2) is 0 Å². The summed E-state index contributed by atoms with van der Waals surface area (Å²) >= 11 is 0. The predicted octanol–water partition coefficient (Wildman–Crippen LogP) is 7.78. The fraction of sp³-hybridized carbons (Fsp3) is 0.0968. The zero-order valence-corrected chi connectivity index (χ0v) is 19.0. The summed E-state index contributed by atoms with van der Waals surface area (Å²) in [7, 11) is 0. The molecular formula is C31H26N2. The van der Waals surface area contributed by atoms with Gasteiger partial charge in [0.25, 0.3) is 0 Å². The molecular weight excluding hydrogens is 400 g/mol. The Labute approximate surface area is 194 Å². The van der Waals surface area contributed by atoms with Gasteiger partial charge < -0.3 is 9.13 Å². The Kier molecular flexibility index (Phi) is 4.66. The number of aryl methyl sites for hydroxylation is 2. The summed E-state index contributed by atoms with van der Waals surface area (Å²) in [5.74, 6) is 0. The molecule has 2 nitrogen and oxygen atoms in total. The third kappa shape index (κ3) is 3.44. The van der Waals surface area contributed by atoms with Crippen molar-refractivity contribution in [2.75, 3.05) is 0 Å². The lowest BCUT2D eigenvalue weighted by Crippen LogP contribution is -1.95. The second kappa shape index (κ2) is 7.83. The molecule has 2 heteroatoms. The molecule has 0 aliphatic rings. The number of hydrogen-bond acceptors (Lipinski definition) is 0. The number of rotatable bonds is 4. The summed E-state index contributed by atoms with van der Waals surface area (Å²) in [6.07, 6.45) is 5.38. The first-order valence-corrected chi connectivity index (χ1v) is 11.5. The van der Waals surface area contributed by atoms with E-state index in [2.05, 4.69) is 132 Å². The summed E-state index contributed by atoms with van der Waals surface area (Å²) in [6.45, 7) is 4.35. The van der Waals surface area contributed by atoms with Crippen LogP contribution in [0.5, 0.6) is 0 Å². The van der Waals surface area contributed by atoms with E-state index in [0.717, 1.165) is 6.42 Å². The van der Waals surface area contributed by atoms with Gasteiger partial charge in [-0.1, -0.05) is 60.7 Å². The zero-order valence-electron chi connectivity index (χ0n) is 19.0. The van der Waals surface area contributed by atoms with E-state index in [9.17, 15) is 0 Å². The van der Waals surface area contributed by atoms with Crippen LogP contribution in [0.25, 0.3) is 33.2 Å². The first-order chi connectivity index (χ1) is 16.2. The standard InChI is InChI=1S/C31H26N2/c1-22-20-32(30-9-5-3-7-28(22)30)26-15-11-24(12-16-26)19-25-13-17-27(18-14-25)33-21-23(2)29-8-4-6-10-31(29)33/h3-18,20-21H,19H2,1-2H3. The van der Waals surface area contributed by atoms with Crippen molar-refractivity contribution < 1.29 is 0 Å². The zero-order chi connectivity index (χ0) is 22.4. The number of para-hydroxylation sites is 2. The molecule has 0 radical (unpaired) electrons. The van der Waals surface area contributed by atoms with Crippen LogP contribution in [0.4, 0.5) is 0 Å². The first-order valence-electron chi connectivity index (χ1n) is 11.5. The molecule has 4 aromatic carbocycles. The molecule has 160 valence electrons. The minimum atomic E-state index is 0.928. The molecule has 0 spiro atoms. The molecule has 6 aromatic rings. The Morgan fingerprint density at radius 1 is 0.485 bits per heavy atom. The van der Waals surface area contributed by atoms with Crippen LogP contribution in [0.3, 0.4) is 0 Å². The second-order valence-corrected chi connectivity index (χ2v) is 8.91. The summed E-state index contributed by atoms with van der Waals surface area (Å²) in [5.41, 5.74) is 10.2. The third-order valence-electron chi connectivity index (χ3n) is 6.66. The topological polar surface area (TPSA) is 9.86 Å². The number of nitrogens with zero attached hydrogens (tertiary/aromatic N) is 2. The lowest BCUT2D eigenvalue weighted by molar-refractivity contribution is 1.09. The van der Waals surface area contributed by atoms with Crippen LogP contribution in [-0.2, 0) is 6.42 Å². The van der Waals surface area contributed by atoms with Gasteiger partial charge in [-0.05, 0) is 78.9 Å². The normalized spacial score (nSPS) is 11.5. The van der Waals surface area contributed by atoms with Crippen molar-refractivity contribution in [1.82, 2.24) is 9.13 Å². The van der Waals surface area contributed by atoms with E-state index in [1.54, 1.807) is 0 Å². The summed E-state index contributed by atoms with van der Waals surface area (Å²) < 4.78 is 4.57. The fourth-order valence-corrected chi connectivity index (χ4v) is 4.91. The van der Waals surface area contributed by atoms with E-state index in [4.69, 9.17) is 0 Å². The van der Waals surface area contributed by atoms with E-state index in [1.165, 1.54) is 55.4 Å². The van der Waals surface area contributed by atoms with Crippen molar-refractivity contribution in [3.63, 3.8) is 0 Å². The van der Waals surface area contributed by atoms with Crippen LogP contribution in [0.1, 0.15) is 22.3 Å². The molecule has 0 bridgehead atoms. The van der Waals surface area contributed by atoms with Crippen molar-refractivity contribution in [3.8, 4) is 11.4 Å². The van der Waals surface area contributed by atoms with E-state index in [0.29, 0.717) is 0 Å². The van der Waals surface area contributed by atoms with Gasteiger partial charge in [-0.2, -0.15) is 0 Å². The highest BCUT2D eigenvalue weighted by atomic mass is 15.0. The SMILES string of the molecule is Cc1cn(-c2ccc(Cc3ccc(-n4cc(C)c5ccccc54)cc3)cc2)c2ccccc12. The summed E-state index contributed by atoms with van der Waals surface area (Å²) in [5, 5.41) is 2.62. The van der Waals surface area contributed by atoms with Crippen LogP contribution in [0.15, 0.2) is 109 Å². The average molecular weight is 427 g/mol. The van der Waals surface area contributed by atoms with Gasteiger partial charge >= 0.3 is 0 Å². The van der Waals surface area contributed by atoms with Crippen molar-refractivity contribution in [2.24, 2.45) is 0 Å². The Balaban J connectivity index is 1.24. The second-order valence-electron chi connectivity index (χ2n) is 8.91. The molecule has 6 rings (SSSR count). The molecule has 2 heterocycles. The minimum Gasteiger partial charge on any atom is -0.316 e. The summed E-state index contributed by atoms with van der Waals surface area (Å²) in [6, 6.07) is 35.1. The molecule has 0 aliphatic heterocycles. The highest BCUT2D eigenvalue weighted by Crippen LogP contribution is 2.26. The van der Waals surface area contributed by atoms with Crippen LogP contribution in [-0.4, -0.2) is 9.13 Å². The molecule has 0 saturated heterocycles. The van der Waals surface area contributed by atoms with E-state index >= 15 is 0 Å². The van der Waals surface area contributed by atoms with Crippen LogP contribution in [0.2, 0.25) is 0 Å². The number of fused-ring (bicyclic) bond motifs is 2. The number of benzene rings is 4. The maximum atomic E-state index is 2.28. The highest BCUT2D eigenvalue weighted by Gasteiger charge is 2.08. The fourth-order valence-electron chi connectivity index (χ4n) is 4.91. The minimum absolute atomic E-state index is 0.928. The Morgan fingerprint density at radius 3 is 1.30 bits per heavy atom. The largest absolute Gasteiger partial charge is 0.316 e. The highest BCUT2D eigenvalue weighted by molar-refractivity contribution is 5.86. The van der Waals surface area contributed by atoms with Crippen molar-refractivity contribution in [3.05, 3.63) is 132 Å². The van der Waals surface area contributed by atoms with Gasteiger partial charge in [0.2, 0.25) is 0 Å². The maximum absolute atomic E-state index is 2.28. The van der Waals surface area contributed by atoms with Gasteiger partial charge in [0.1, 0.15) is 0 Å². The van der Waals surface area contributed by atoms with E-state index < -0.39 is 0 Å². The number of hydrogen-bond donors (Lipinski definition) is 0. The lowest BCUT2D eigenvalue weighted by atomic mass is 10.0. The molecule has 0 amide bonds. The van der Waals surface area contributed by atoms with Gasteiger partial charge in [0, 0.05) is 34.5 Å². The Bertz CT molecular complexity index is 1460. The molecule has 2 aromatic heterocycles. The molecule has 0 atom stereocenters. The van der Waals surface area contributed by atoms with Crippen molar-refractivity contribution in [1.29, 1.82) is 0 Å². The quantitative estimate of drug-likeness (QED) is 0.272. The molecule has 0 unspecified atom stereocenters. The lowest BCUT2D eigenvalue weighted by Gasteiger charge is -2.09. The third-order valence-corrected chi connectivity index (χ3v) is 6.66. The maximum Gasteiger partial charge on any atom is 0.0531 e. The van der Waals surface area contributed by atoms with E-state index in [-0.39, 0.29) is 0 Å². The first kappa shape index (κ1) is 19.6. The molecule has 0 fully saturated rings. The number of aromatic nitrogens is 2. The van der Waals surface area contributed by atoms with Crippen molar-refractivity contribution in [2.45, 2.75) is 20.3 Å². The molecule has 0 aliphatic carbocycles. The molecule has 33 heavy (non-hydrogen) atoms. The van der Waals surface area contributed by atoms with Gasteiger partial charge in [-0.15, -0.1) is 0 Å². The van der Waals surface area contributed by atoms with Crippen molar-refractivity contribution >= 4 is 21.8 Å². The van der Waals surface area contributed by atoms with Crippen LogP contribution in [0, 0.1) is 13.8 Å². The van der Waals surface area contributed by atoms with Gasteiger partial charge in [0.05, 0.1) is 11.0 Å². The van der Waals surface area contributed by atoms with Gasteiger partial charge in [-0.3, -0.25) is 0 Å². The Hall–Kier alpha value is -4.04. The monoisotopic (exact) mass is 426 g/mol.